The Balaban J connectivity index is 1.84. The summed E-state index contributed by atoms with van der Waals surface area (Å²) >= 11 is 0. The maximum Gasteiger partial charge on any atom is 0.261 e. The minimum atomic E-state index is -0.394. The predicted octanol–water partition coefficient (Wildman–Crippen LogP) is 2.20. The van der Waals surface area contributed by atoms with Crippen LogP contribution in [0.1, 0.15) is 71.9 Å². The molecule has 1 saturated carbocycles. The normalized spacial score (nSPS) is 24.7. The minimum absolute atomic E-state index is 0.0117. The standard InChI is InChI=1S/C17H22N2O3/c1-10-5-2-3-6-13(10)18-16(21)12-9-11-14(19-17(12)22)7-4-8-15(11)20/h9-10,13H,2-8H2,1H3,(H,18,21)(H,19,22)/t10-,13-/m0/s1. The van der Waals surface area contributed by atoms with Gasteiger partial charge < -0.3 is 10.3 Å². The zero-order chi connectivity index (χ0) is 15.7. The second-order valence-electron chi connectivity index (χ2n) is 6.52. The number of carbonyl (C=O) groups excluding carboxylic acids is 2. The number of hydrogen-bond acceptors (Lipinski definition) is 3. The molecule has 0 aromatic carbocycles. The van der Waals surface area contributed by atoms with Crippen LogP contribution in [0.5, 0.6) is 0 Å². The van der Waals surface area contributed by atoms with E-state index in [0.717, 1.165) is 25.7 Å². The number of carbonyl (C=O) groups is 2. The molecule has 2 N–H and O–H groups in total. The summed E-state index contributed by atoms with van der Waals surface area (Å²) in [5.74, 6) is 0.0785. The Morgan fingerprint density at radius 3 is 2.73 bits per heavy atom. The lowest BCUT2D eigenvalue weighted by molar-refractivity contribution is 0.0908. The molecule has 1 aromatic heterocycles. The number of aromatic amines is 1. The van der Waals surface area contributed by atoms with Crippen LogP contribution in [0.15, 0.2) is 10.9 Å². The Morgan fingerprint density at radius 2 is 1.95 bits per heavy atom. The van der Waals surface area contributed by atoms with E-state index in [-0.39, 0.29) is 23.3 Å². The number of nitrogens with one attached hydrogen (secondary N) is 2. The predicted molar refractivity (Wildman–Crippen MR) is 83.2 cm³/mol. The summed E-state index contributed by atoms with van der Waals surface area (Å²) in [6.45, 7) is 2.13. The van der Waals surface area contributed by atoms with Gasteiger partial charge in [0.25, 0.3) is 11.5 Å². The van der Waals surface area contributed by atoms with E-state index in [9.17, 15) is 14.4 Å². The Morgan fingerprint density at radius 1 is 1.18 bits per heavy atom. The first-order valence-electron chi connectivity index (χ1n) is 8.16. The molecule has 1 fully saturated rings. The van der Waals surface area contributed by atoms with Gasteiger partial charge >= 0.3 is 0 Å². The first-order chi connectivity index (χ1) is 10.6. The first-order valence-corrected chi connectivity index (χ1v) is 8.16. The van der Waals surface area contributed by atoms with Gasteiger partial charge in [-0.2, -0.15) is 0 Å². The third kappa shape index (κ3) is 2.85. The van der Waals surface area contributed by atoms with Gasteiger partial charge in [-0.25, -0.2) is 0 Å². The van der Waals surface area contributed by atoms with E-state index >= 15 is 0 Å². The number of H-pyrrole nitrogens is 1. The smallest absolute Gasteiger partial charge is 0.261 e. The van der Waals surface area contributed by atoms with E-state index in [1.54, 1.807) is 0 Å². The fourth-order valence-corrected chi connectivity index (χ4v) is 3.52. The van der Waals surface area contributed by atoms with Crippen molar-refractivity contribution in [2.45, 2.75) is 57.9 Å². The highest BCUT2D eigenvalue weighted by molar-refractivity contribution is 6.01. The fraction of sp³-hybridized carbons (Fsp3) is 0.588. The number of pyridine rings is 1. The molecule has 0 spiro atoms. The highest BCUT2D eigenvalue weighted by atomic mass is 16.2. The second kappa shape index (κ2) is 6.07. The van der Waals surface area contributed by atoms with Crippen LogP contribution < -0.4 is 10.9 Å². The molecule has 0 aliphatic heterocycles. The fourth-order valence-electron chi connectivity index (χ4n) is 3.52. The van der Waals surface area contributed by atoms with Gasteiger partial charge in [-0.1, -0.05) is 19.8 Å². The Kier molecular flexibility index (Phi) is 4.14. The lowest BCUT2D eigenvalue weighted by Gasteiger charge is -2.29. The summed E-state index contributed by atoms with van der Waals surface area (Å²) in [4.78, 5) is 39.2. The number of hydrogen-bond donors (Lipinski definition) is 2. The summed E-state index contributed by atoms with van der Waals surface area (Å²) in [5.41, 5.74) is 0.845. The summed E-state index contributed by atoms with van der Waals surface area (Å²) in [6, 6.07) is 1.60. The zero-order valence-corrected chi connectivity index (χ0v) is 12.9. The second-order valence-corrected chi connectivity index (χ2v) is 6.52. The molecule has 5 nitrogen and oxygen atoms in total. The highest BCUT2D eigenvalue weighted by Crippen LogP contribution is 2.24. The van der Waals surface area contributed by atoms with Gasteiger partial charge in [0.1, 0.15) is 5.56 Å². The number of aryl methyl sites for hydroxylation is 1. The Hall–Kier alpha value is -1.91. The summed E-state index contributed by atoms with van der Waals surface area (Å²) < 4.78 is 0. The molecule has 0 radical (unpaired) electrons. The highest BCUT2D eigenvalue weighted by Gasteiger charge is 2.26. The number of rotatable bonds is 2. The molecule has 2 aliphatic carbocycles. The van der Waals surface area contributed by atoms with Gasteiger partial charge in [0, 0.05) is 23.7 Å². The van der Waals surface area contributed by atoms with Gasteiger partial charge in [0.15, 0.2) is 5.78 Å². The molecule has 3 rings (SSSR count). The van der Waals surface area contributed by atoms with Crippen LogP contribution in [0, 0.1) is 5.92 Å². The number of fused-ring (bicyclic) bond motifs is 1. The van der Waals surface area contributed by atoms with E-state index < -0.39 is 5.56 Å². The third-order valence-corrected chi connectivity index (χ3v) is 4.93. The van der Waals surface area contributed by atoms with Gasteiger partial charge in [-0.3, -0.25) is 14.4 Å². The maximum atomic E-state index is 12.4. The van der Waals surface area contributed by atoms with Crippen molar-refractivity contribution in [1.82, 2.24) is 10.3 Å². The lowest BCUT2D eigenvalue weighted by atomic mass is 9.86. The van der Waals surface area contributed by atoms with Crippen LogP contribution in [0.25, 0.3) is 0 Å². The molecule has 0 saturated heterocycles. The van der Waals surface area contributed by atoms with Gasteiger partial charge in [-0.15, -0.1) is 0 Å². The van der Waals surface area contributed by atoms with Crippen molar-refractivity contribution in [1.29, 1.82) is 0 Å². The number of amides is 1. The molecule has 0 unspecified atom stereocenters. The molecule has 2 aliphatic rings. The number of aromatic nitrogens is 1. The van der Waals surface area contributed by atoms with Crippen molar-refractivity contribution in [2.75, 3.05) is 0 Å². The molecule has 1 heterocycles. The van der Waals surface area contributed by atoms with Gasteiger partial charge in [0.05, 0.1) is 0 Å². The molecular formula is C17H22N2O3. The molecule has 1 amide bonds. The Bertz CT molecular complexity index is 662. The van der Waals surface area contributed by atoms with Gasteiger partial charge in [0.2, 0.25) is 0 Å². The first kappa shape index (κ1) is 15.0. The average Bonchev–Trinajstić information content (AvgIpc) is 2.49. The molecule has 22 heavy (non-hydrogen) atoms. The molecule has 0 bridgehead atoms. The molecule has 5 heteroatoms. The number of Topliss-reactive ketones (excluding diaryl/α,β-unsaturated/α-hetero) is 1. The summed E-state index contributed by atoms with van der Waals surface area (Å²) in [5, 5.41) is 2.98. The van der Waals surface area contributed by atoms with Crippen molar-refractivity contribution in [3.8, 4) is 0 Å². The average molecular weight is 302 g/mol. The topological polar surface area (TPSA) is 79.0 Å². The quantitative estimate of drug-likeness (QED) is 0.879. The van der Waals surface area contributed by atoms with Crippen LogP contribution in [0.4, 0.5) is 0 Å². The monoisotopic (exact) mass is 302 g/mol. The van der Waals surface area contributed by atoms with Crippen LogP contribution in [-0.4, -0.2) is 22.7 Å². The van der Waals surface area contributed by atoms with Crippen LogP contribution in [0.2, 0.25) is 0 Å². The molecule has 118 valence electrons. The van der Waals surface area contributed by atoms with Crippen molar-refractivity contribution in [3.05, 3.63) is 33.2 Å². The Labute approximate surface area is 129 Å². The minimum Gasteiger partial charge on any atom is -0.349 e. The van der Waals surface area contributed by atoms with Crippen LogP contribution in [0.3, 0.4) is 0 Å². The summed E-state index contributed by atoms with van der Waals surface area (Å²) in [7, 11) is 0. The maximum absolute atomic E-state index is 12.4. The molecule has 1 aromatic rings. The van der Waals surface area contributed by atoms with Crippen LogP contribution >= 0.6 is 0 Å². The largest absolute Gasteiger partial charge is 0.349 e. The zero-order valence-electron chi connectivity index (χ0n) is 12.9. The van der Waals surface area contributed by atoms with Crippen LogP contribution in [-0.2, 0) is 6.42 Å². The molecular weight excluding hydrogens is 280 g/mol. The number of ketones is 1. The molecule has 2 atom stereocenters. The third-order valence-electron chi connectivity index (χ3n) is 4.93. The van der Waals surface area contributed by atoms with Crippen molar-refractivity contribution in [2.24, 2.45) is 5.92 Å². The van der Waals surface area contributed by atoms with E-state index in [0.29, 0.717) is 30.0 Å². The lowest BCUT2D eigenvalue weighted by Crippen LogP contribution is -2.43. The van der Waals surface area contributed by atoms with Crippen molar-refractivity contribution < 1.29 is 9.59 Å². The van der Waals surface area contributed by atoms with Crippen molar-refractivity contribution in [3.63, 3.8) is 0 Å². The van der Waals surface area contributed by atoms with E-state index in [2.05, 4.69) is 17.2 Å². The van der Waals surface area contributed by atoms with E-state index in [1.807, 2.05) is 0 Å². The van der Waals surface area contributed by atoms with E-state index in [4.69, 9.17) is 0 Å². The van der Waals surface area contributed by atoms with Crippen molar-refractivity contribution >= 4 is 11.7 Å². The van der Waals surface area contributed by atoms with Gasteiger partial charge in [-0.05, 0) is 37.7 Å². The summed E-state index contributed by atoms with van der Waals surface area (Å²) in [6.07, 6.45) is 6.29. The van der Waals surface area contributed by atoms with E-state index in [1.165, 1.54) is 12.5 Å². The SMILES string of the molecule is C[C@H]1CCCC[C@@H]1NC(=O)c1cc2c([nH]c1=O)CCCC2=O.